The summed E-state index contributed by atoms with van der Waals surface area (Å²) >= 11 is 0. The molecule has 0 unspecified atom stereocenters. The Labute approximate surface area is 124 Å². The molecule has 0 aliphatic carbocycles. The largest absolute Gasteiger partial charge is 0.408 e. The third-order valence-electron chi connectivity index (χ3n) is 3.47. The number of hydrogen-bond donors (Lipinski definition) is 1. The van der Waals surface area contributed by atoms with Gasteiger partial charge in [0.2, 0.25) is 11.7 Å². The van der Waals surface area contributed by atoms with Crippen LogP contribution in [0, 0.1) is 6.92 Å². The maximum atomic E-state index is 13.1. The summed E-state index contributed by atoms with van der Waals surface area (Å²) in [4.78, 5) is 24.1. The minimum atomic E-state index is -4.54. The number of aromatic nitrogens is 1. The van der Waals surface area contributed by atoms with Gasteiger partial charge in [0.1, 0.15) is 6.04 Å². The van der Waals surface area contributed by atoms with Gasteiger partial charge in [0.25, 0.3) is 5.91 Å². The van der Waals surface area contributed by atoms with Crippen LogP contribution in [-0.4, -0.2) is 46.7 Å². The number of amides is 2. The van der Waals surface area contributed by atoms with Gasteiger partial charge in [0.05, 0.1) is 5.69 Å². The first kappa shape index (κ1) is 16.3. The number of carbonyl (C=O) groups is 2. The second kappa shape index (κ2) is 5.98. The van der Waals surface area contributed by atoms with Crippen molar-refractivity contribution in [2.24, 2.45) is 0 Å². The molecule has 2 amide bonds. The zero-order valence-electron chi connectivity index (χ0n) is 12.1. The fourth-order valence-corrected chi connectivity index (χ4v) is 2.55. The number of piperidine rings is 1. The molecule has 2 heterocycles. The van der Waals surface area contributed by atoms with Gasteiger partial charge in [0, 0.05) is 25.6 Å². The van der Waals surface area contributed by atoms with Gasteiger partial charge >= 0.3 is 6.18 Å². The average Bonchev–Trinajstić information content (AvgIpc) is 2.82. The van der Waals surface area contributed by atoms with Gasteiger partial charge in [-0.1, -0.05) is 5.16 Å². The minimum absolute atomic E-state index is 0.156. The van der Waals surface area contributed by atoms with Crippen molar-refractivity contribution in [3.05, 3.63) is 17.5 Å². The Morgan fingerprint density at radius 3 is 2.59 bits per heavy atom. The quantitative estimate of drug-likeness (QED) is 0.899. The van der Waals surface area contributed by atoms with E-state index in [0.29, 0.717) is 10.6 Å². The van der Waals surface area contributed by atoms with Gasteiger partial charge in [-0.15, -0.1) is 0 Å². The van der Waals surface area contributed by atoms with Crippen molar-refractivity contribution < 1.29 is 27.3 Å². The number of nitrogens with one attached hydrogen (secondary N) is 1. The number of aryl methyl sites for hydroxylation is 1. The van der Waals surface area contributed by atoms with E-state index in [4.69, 9.17) is 4.52 Å². The molecule has 0 radical (unpaired) electrons. The highest BCUT2D eigenvalue weighted by atomic mass is 19.4. The van der Waals surface area contributed by atoms with E-state index in [2.05, 4.69) is 10.5 Å². The SMILES string of the molecule is CC(=O)N[C@H]1CC[C@@H](C(F)(F)F)N(C(=O)c2cc(C)no2)C1. The first-order valence-corrected chi connectivity index (χ1v) is 6.76. The Kier molecular flexibility index (Phi) is 4.43. The lowest BCUT2D eigenvalue weighted by atomic mass is 9.97. The number of halogens is 3. The lowest BCUT2D eigenvalue weighted by molar-refractivity contribution is -0.184. The highest BCUT2D eigenvalue weighted by Crippen LogP contribution is 2.33. The Morgan fingerprint density at radius 1 is 1.41 bits per heavy atom. The molecule has 1 fully saturated rings. The number of carbonyl (C=O) groups excluding carboxylic acids is 2. The molecule has 2 rings (SSSR count). The summed E-state index contributed by atoms with van der Waals surface area (Å²) in [6.07, 6.45) is -4.65. The van der Waals surface area contributed by atoms with Crippen molar-refractivity contribution in [1.82, 2.24) is 15.4 Å². The van der Waals surface area contributed by atoms with Crippen LogP contribution in [0.5, 0.6) is 0 Å². The molecule has 122 valence electrons. The van der Waals surface area contributed by atoms with Gasteiger partial charge in [-0.3, -0.25) is 9.59 Å². The molecule has 0 spiro atoms. The summed E-state index contributed by atoms with van der Waals surface area (Å²) in [7, 11) is 0. The number of rotatable bonds is 2. The van der Waals surface area contributed by atoms with Crippen molar-refractivity contribution in [2.45, 2.75) is 44.9 Å². The first-order chi connectivity index (χ1) is 10.2. The van der Waals surface area contributed by atoms with E-state index in [9.17, 15) is 22.8 Å². The van der Waals surface area contributed by atoms with E-state index in [1.165, 1.54) is 13.0 Å². The lowest BCUT2D eigenvalue weighted by Gasteiger charge is -2.39. The predicted molar refractivity (Wildman–Crippen MR) is 69.0 cm³/mol. The summed E-state index contributed by atoms with van der Waals surface area (Å²) in [5.74, 6) is -1.47. The van der Waals surface area contributed by atoms with E-state index >= 15 is 0 Å². The van der Waals surface area contributed by atoms with E-state index in [1.807, 2.05) is 0 Å². The normalized spacial score (nSPS) is 22.5. The number of likely N-dealkylation sites (tertiary alicyclic amines) is 1. The third-order valence-corrected chi connectivity index (χ3v) is 3.47. The molecular weight excluding hydrogens is 303 g/mol. The summed E-state index contributed by atoms with van der Waals surface area (Å²) < 4.78 is 44.2. The molecule has 1 aromatic heterocycles. The van der Waals surface area contributed by atoms with Gasteiger partial charge in [-0.2, -0.15) is 13.2 Å². The highest BCUT2D eigenvalue weighted by Gasteiger charge is 2.48. The molecule has 0 saturated carbocycles. The highest BCUT2D eigenvalue weighted by molar-refractivity contribution is 5.92. The second-order valence-corrected chi connectivity index (χ2v) is 5.32. The van der Waals surface area contributed by atoms with Gasteiger partial charge in [0.15, 0.2) is 0 Å². The Bertz CT molecular complexity index is 570. The maximum Gasteiger partial charge on any atom is 0.408 e. The monoisotopic (exact) mass is 319 g/mol. The molecule has 9 heteroatoms. The fraction of sp³-hybridized carbons (Fsp3) is 0.615. The number of nitrogens with zero attached hydrogens (tertiary/aromatic N) is 2. The van der Waals surface area contributed by atoms with Crippen LogP contribution in [0.25, 0.3) is 0 Å². The molecule has 6 nitrogen and oxygen atoms in total. The van der Waals surface area contributed by atoms with E-state index in [-0.39, 0.29) is 31.1 Å². The van der Waals surface area contributed by atoms with E-state index in [1.54, 1.807) is 6.92 Å². The maximum absolute atomic E-state index is 13.1. The zero-order chi connectivity index (χ0) is 16.5. The predicted octanol–water partition coefficient (Wildman–Crippen LogP) is 1.65. The molecule has 2 atom stereocenters. The molecule has 1 aromatic rings. The van der Waals surface area contributed by atoms with Crippen molar-refractivity contribution in [3.63, 3.8) is 0 Å². The van der Waals surface area contributed by atoms with Crippen LogP contribution in [0.15, 0.2) is 10.6 Å². The zero-order valence-corrected chi connectivity index (χ0v) is 12.1. The topological polar surface area (TPSA) is 75.4 Å². The van der Waals surface area contributed by atoms with Gasteiger partial charge in [-0.05, 0) is 19.8 Å². The number of alkyl halides is 3. The summed E-state index contributed by atoms with van der Waals surface area (Å²) in [5.41, 5.74) is 0.405. The Balaban J connectivity index is 2.23. The van der Waals surface area contributed by atoms with Gasteiger partial charge < -0.3 is 14.7 Å². The molecule has 1 aliphatic rings. The van der Waals surface area contributed by atoms with Crippen LogP contribution in [-0.2, 0) is 4.79 Å². The third kappa shape index (κ3) is 3.58. The smallest absolute Gasteiger partial charge is 0.352 e. The minimum Gasteiger partial charge on any atom is -0.352 e. The van der Waals surface area contributed by atoms with Crippen LogP contribution in [0.4, 0.5) is 13.2 Å². The summed E-state index contributed by atoms with van der Waals surface area (Å²) in [6, 6.07) is -1.11. The van der Waals surface area contributed by atoms with Crippen molar-refractivity contribution in [2.75, 3.05) is 6.54 Å². The molecule has 0 aromatic carbocycles. The molecular formula is C13H16F3N3O3. The molecule has 1 saturated heterocycles. The van der Waals surface area contributed by atoms with Crippen molar-refractivity contribution in [3.8, 4) is 0 Å². The molecule has 1 N–H and O–H groups in total. The van der Waals surface area contributed by atoms with Crippen LogP contribution in [0.2, 0.25) is 0 Å². The van der Waals surface area contributed by atoms with Crippen LogP contribution in [0.3, 0.4) is 0 Å². The first-order valence-electron chi connectivity index (χ1n) is 6.76. The summed E-state index contributed by atoms with van der Waals surface area (Å²) in [6.45, 7) is 2.63. The Hall–Kier alpha value is -2.06. The number of hydrogen-bond acceptors (Lipinski definition) is 4. The fourth-order valence-electron chi connectivity index (χ4n) is 2.55. The lowest BCUT2D eigenvalue weighted by Crippen LogP contribution is -2.58. The molecule has 0 bridgehead atoms. The van der Waals surface area contributed by atoms with E-state index in [0.717, 1.165) is 0 Å². The van der Waals surface area contributed by atoms with Gasteiger partial charge in [-0.25, -0.2) is 0 Å². The molecule has 22 heavy (non-hydrogen) atoms. The van der Waals surface area contributed by atoms with Crippen molar-refractivity contribution in [1.29, 1.82) is 0 Å². The van der Waals surface area contributed by atoms with Crippen LogP contribution < -0.4 is 5.32 Å². The standard InChI is InChI=1S/C13H16F3N3O3/c1-7-5-10(22-18-7)12(21)19-6-9(17-8(2)20)3-4-11(19)13(14,15)16/h5,9,11H,3-4,6H2,1-2H3,(H,17,20)/t9-,11-/m0/s1. The second-order valence-electron chi connectivity index (χ2n) is 5.32. The van der Waals surface area contributed by atoms with Crippen LogP contribution in [0.1, 0.15) is 36.0 Å². The average molecular weight is 319 g/mol. The molecule has 1 aliphatic heterocycles. The Morgan fingerprint density at radius 2 is 2.09 bits per heavy atom. The summed E-state index contributed by atoms with van der Waals surface area (Å²) in [5, 5.41) is 6.06. The van der Waals surface area contributed by atoms with Crippen LogP contribution >= 0.6 is 0 Å². The van der Waals surface area contributed by atoms with E-state index < -0.39 is 24.2 Å². The van der Waals surface area contributed by atoms with Crippen molar-refractivity contribution >= 4 is 11.8 Å².